The van der Waals surface area contributed by atoms with Crippen molar-refractivity contribution in [3.8, 4) is 11.1 Å². The summed E-state index contributed by atoms with van der Waals surface area (Å²) >= 11 is 0. The maximum absolute atomic E-state index is 12.9. The zero-order chi connectivity index (χ0) is 22.8. The summed E-state index contributed by atoms with van der Waals surface area (Å²) in [6.45, 7) is 12.0. The fourth-order valence-corrected chi connectivity index (χ4v) is 4.42. The number of fused-ring (bicyclic) bond motifs is 1. The molecule has 31 heavy (non-hydrogen) atoms. The molecule has 2 atom stereocenters. The van der Waals surface area contributed by atoms with Crippen LogP contribution in [-0.4, -0.2) is 30.9 Å². The Kier molecular flexibility index (Phi) is 6.96. The number of ether oxygens (including phenoxy) is 1. The maximum atomic E-state index is 12.9. The first-order valence-corrected chi connectivity index (χ1v) is 11.6. The van der Waals surface area contributed by atoms with Gasteiger partial charge >= 0.3 is 5.97 Å². The molecule has 2 unspecified atom stereocenters. The lowest BCUT2D eigenvalue weighted by atomic mass is 9.94. The molecular weight excluding hydrogens is 410 g/mol. The topological polar surface area (TPSA) is 72.7 Å². The van der Waals surface area contributed by atoms with Crippen molar-refractivity contribution in [3.63, 3.8) is 0 Å². The summed E-state index contributed by atoms with van der Waals surface area (Å²) in [5.41, 5.74) is 6.09. The second kappa shape index (κ2) is 9.32. The van der Waals surface area contributed by atoms with Crippen LogP contribution in [0.4, 0.5) is 0 Å². The molecule has 0 saturated heterocycles. The average Bonchev–Trinajstić information content (AvgIpc) is 3.15. The van der Waals surface area contributed by atoms with Gasteiger partial charge in [-0.15, -0.1) is 0 Å². The van der Waals surface area contributed by atoms with Crippen molar-refractivity contribution in [1.82, 2.24) is 14.1 Å². The van der Waals surface area contributed by atoms with Crippen LogP contribution in [-0.2, 0) is 20.5 Å². The highest BCUT2D eigenvalue weighted by Gasteiger charge is 2.27. The minimum atomic E-state index is -1.35. The number of esters is 1. The molecule has 3 rings (SSSR count). The zero-order valence-electron chi connectivity index (χ0n) is 19.1. The third kappa shape index (κ3) is 5.22. The summed E-state index contributed by atoms with van der Waals surface area (Å²) in [4.78, 5) is 16.9. The number of nitrogens with zero attached hydrogens (tertiary/aromatic N) is 2. The average molecular weight is 442 g/mol. The van der Waals surface area contributed by atoms with E-state index >= 15 is 0 Å². The molecule has 166 valence electrons. The van der Waals surface area contributed by atoms with Crippen LogP contribution in [0.5, 0.6) is 0 Å². The maximum Gasteiger partial charge on any atom is 0.307 e. The third-order valence-corrected chi connectivity index (χ3v) is 6.75. The predicted molar refractivity (Wildman–Crippen MR) is 125 cm³/mol. The van der Waals surface area contributed by atoms with Gasteiger partial charge < -0.3 is 9.14 Å². The number of nitrogens with one attached hydrogen (secondary N) is 1. The number of rotatable bonds is 7. The number of carbonyl (C=O) groups is 1. The summed E-state index contributed by atoms with van der Waals surface area (Å²) in [7, 11) is -1.35. The molecule has 0 saturated carbocycles. The number of hydrogen-bond acceptors (Lipinski definition) is 4. The van der Waals surface area contributed by atoms with Gasteiger partial charge in [-0.3, -0.25) is 4.79 Å². The van der Waals surface area contributed by atoms with Gasteiger partial charge in [0.25, 0.3) is 0 Å². The molecule has 1 aromatic carbocycles. The Morgan fingerprint density at radius 1 is 1.26 bits per heavy atom. The Labute approximate surface area is 186 Å². The van der Waals surface area contributed by atoms with E-state index in [9.17, 15) is 9.00 Å². The van der Waals surface area contributed by atoms with E-state index in [2.05, 4.69) is 41.8 Å². The fraction of sp³-hybridized carbons (Fsp3) is 0.417. The normalized spacial score (nSPS) is 13.9. The summed E-state index contributed by atoms with van der Waals surface area (Å²) in [6.07, 6.45) is 5.67. The quantitative estimate of drug-likeness (QED) is 0.541. The lowest BCUT2D eigenvalue weighted by Crippen LogP contribution is -2.36. The number of aryl methyl sites for hydroxylation is 2. The van der Waals surface area contributed by atoms with E-state index in [0.717, 1.165) is 33.5 Å². The van der Waals surface area contributed by atoms with E-state index in [-0.39, 0.29) is 12.4 Å². The van der Waals surface area contributed by atoms with E-state index in [1.807, 2.05) is 43.6 Å². The molecule has 3 aromatic rings. The highest BCUT2D eigenvalue weighted by molar-refractivity contribution is 7.84. The minimum absolute atomic E-state index is 0.0854. The molecule has 0 fully saturated rings. The van der Waals surface area contributed by atoms with Crippen molar-refractivity contribution >= 4 is 22.6 Å². The van der Waals surface area contributed by atoms with Gasteiger partial charge in [-0.2, -0.15) is 0 Å². The monoisotopic (exact) mass is 441 g/mol. The minimum Gasteiger partial charge on any atom is -0.466 e. The fourth-order valence-electron chi connectivity index (χ4n) is 3.59. The Balaban J connectivity index is 2.15. The lowest BCUT2D eigenvalue weighted by Gasteiger charge is -2.25. The molecule has 2 heterocycles. The SMILES string of the molecule is CCOC(=O)CC(NS(=O)C(C)(C)C)c1cc(-c2c(C)cccc2C)c2nccn2c1. The van der Waals surface area contributed by atoms with Gasteiger partial charge in [0.1, 0.15) is 5.65 Å². The Morgan fingerprint density at radius 2 is 1.94 bits per heavy atom. The smallest absolute Gasteiger partial charge is 0.307 e. The van der Waals surface area contributed by atoms with E-state index in [1.54, 1.807) is 13.1 Å². The van der Waals surface area contributed by atoms with Crippen LogP contribution in [0.2, 0.25) is 0 Å². The molecule has 0 amide bonds. The van der Waals surface area contributed by atoms with Crippen LogP contribution in [0.1, 0.15) is 56.8 Å². The number of benzene rings is 1. The Morgan fingerprint density at radius 3 is 2.55 bits per heavy atom. The van der Waals surface area contributed by atoms with Crippen LogP contribution in [0.3, 0.4) is 0 Å². The summed E-state index contributed by atoms with van der Waals surface area (Å²) in [5.74, 6) is -0.328. The van der Waals surface area contributed by atoms with Crippen molar-refractivity contribution in [2.45, 2.75) is 58.8 Å². The van der Waals surface area contributed by atoms with Gasteiger partial charge in [-0.1, -0.05) is 18.2 Å². The number of hydrogen-bond donors (Lipinski definition) is 1. The highest BCUT2D eigenvalue weighted by Crippen LogP contribution is 2.33. The van der Waals surface area contributed by atoms with Gasteiger partial charge in [0.05, 0.1) is 34.8 Å². The van der Waals surface area contributed by atoms with Gasteiger partial charge in [0, 0.05) is 24.2 Å². The number of imidazole rings is 1. The van der Waals surface area contributed by atoms with Crippen LogP contribution in [0.15, 0.2) is 42.9 Å². The van der Waals surface area contributed by atoms with Gasteiger partial charge in [-0.05, 0) is 69.9 Å². The van der Waals surface area contributed by atoms with Gasteiger partial charge in [0.2, 0.25) is 0 Å². The molecule has 7 heteroatoms. The van der Waals surface area contributed by atoms with Crippen molar-refractivity contribution in [1.29, 1.82) is 0 Å². The largest absolute Gasteiger partial charge is 0.466 e. The Hall–Kier alpha value is -2.51. The van der Waals surface area contributed by atoms with Crippen molar-refractivity contribution < 1.29 is 13.7 Å². The van der Waals surface area contributed by atoms with Gasteiger partial charge in [0.15, 0.2) is 0 Å². The van der Waals surface area contributed by atoms with Crippen molar-refractivity contribution in [2.24, 2.45) is 0 Å². The molecule has 0 aliphatic carbocycles. The van der Waals surface area contributed by atoms with Gasteiger partial charge in [-0.25, -0.2) is 13.9 Å². The molecule has 0 spiro atoms. The first-order chi connectivity index (χ1) is 14.6. The molecular formula is C24H31N3O3S. The molecule has 1 N–H and O–H groups in total. The van der Waals surface area contributed by atoms with E-state index in [4.69, 9.17) is 4.74 Å². The standard InChI is InChI=1S/C24H31N3O3S/c1-7-30-21(28)14-20(26-31(29)24(4,5)6)18-13-19(23-25-11-12-27(23)15-18)22-16(2)9-8-10-17(22)3/h8-13,15,20,26H,7,14H2,1-6H3. The molecule has 0 radical (unpaired) electrons. The molecule has 0 aliphatic rings. The van der Waals surface area contributed by atoms with Crippen LogP contribution in [0, 0.1) is 13.8 Å². The van der Waals surface area contributed by atoms with E-state index in [1.165, 1.54) is 0 Å². The third-order valence-electron chi connectivity index (χ3n) is 5.14. The van der Waals surface area contributed by atoms with Crippen molar-refractivity contribution in [3.05, 3.63) is 59.5 Å². The molecule has 6 nitrogen and oxygen atoms in total. The first-order valence-electron chi connectivity index (χ1n) is 10.5. The second-order valence-electron chi connectivity index (χ2n) is 8.67. The zero-order valence-corrected chi connectivity index (χ0v) is 19.9. The molecule has 0 bridgehead atoms. The van der Waals surface area contributed by atoms with E-state index in [0.29, 0.717) is 6.61 Å². The van der Waals surface area contributed by atoms with Crippen LogP contribution in [0.25, 0.3) is 16.8 Å². The van der Waals surface area contributed by atoms with Crippen molar-refractivity contribution in [2.75, 3.05) is 6.61 Å². The molecule has 2 aromatic heterocycles. The Bertz CT molecular complexity index is 1090. The molecule has 0 aliphatic heterocycles. The van der Waals surface area contributed by atoms with Crippen LogP contribution >= 0.6 is 0 Å². The second-order valence-corrected chi connectivity index (χ2v) is 10.7. The first kappa shape index (κ1) is 23.2. The predicted octanol–water partition coefficient (Wildman–Crippen LogP) is 4.66. The van der Waals surface area contributed by atoms with E-state index < -0.39 is 21.8 Å². The summed E-state index contributed by atoms with van der Waals surface area (Å²) < 4.78 is 22.7. The number of carbonyl (C=O) groups excluding carboxylic acids is 1. The van der Waals surface area contributed by atoms with Crippen LogP contribution < -0.4 is 4.72 Å². The lowest BCUT2D eigenvalue weighted by molar-refractivity contribution is -0.143. The summed E-state index contributed by atoms with van der Waals surface area (Å²) in [5, 5.41) is 0. The number of pyridine rings is 1. The highest BCUT2D eigenvalue weighted by atomic mass is 32.2. The summed E-state index contributed by atoms with van der Waals surface area (Å²) in [6, 6.07) is 7.79. The number of aromatic nitrogens is 2.